The van der Waals surface area contributed by atoms with Gasteiger partial charge in [-0.05, 0) is 48.1 Å². The van der Waals surface area contributed by atoms with Gasteiger partial charge in [0.05, 0.1) is 5.92 Å². The number of unbranched alkanes of at least 4 members (excludes halogenated alkanes) is 5. The van der Waals surface area contributed by atoms with Crippen molar-refractivity contribution in [1.82, 2.24) is 4.98 Å². The van der Waals surface area contributed by atoms with Crippen LogP contribution in [0.5, 0.6) is 0 Å². The molecular weight excluding hydrogens is 354 g/mol. The van der Waals surface area contributed by atoms with Crippen molar-refractivity contribution in [3.63, 3.8) is 0 Å². The highest BCUT2D eigenvalue weighted by molar-refractivity contribution is 6.01. The number of fused-ring (bicyclic) bond motifs is 2. The third-order valence-electron chi connectivity index (χ3n) is 5.80. The molecule has 1 aromatic carbocycles. The number of H-pyrrole nitrogens is 1. The van der Waals surface area contributed by atoms with Crippen molar-refractivity contribution in [3.05, 3.63) is 41.6 Å². The molecule has 2 aromatic rings. The predicted octanol–water partition coefficient (Wildman–Crippen LogP) is 4.77. The number of benzene rings is 1. The molecule has 148 valence electrons. The first-order valence-electron chi connectivity index (χ1n) is 10.4. The van der Waals surface area contributed by atoms with E-state index in [0.29, 0.717) is 5.57 Å². The topological polar surface area (TPSA) is 68.4 Å². The first-order chi connectivity index (χ1) is 13.7. The molecule has 3 atom stereocenters. The van der Waals surface area contributed by atoms with E-state index >= 15 is 0 Å². The van der Waals surface area contributed by atoms with Gasteiger partial charge in [0.2, 0.25) is 6.10 Å². The minimum atomic E-state index is -0.778. The van der Waals surface area contributed by atoms with Gasteiger partial charge in [-0.15, -0.1) is 0 Å². The van der Waals surface area contributed by atoms with E-state index in [4.69, 9.17) is 9.47 Å². The van der Waals surface area contributed by atoms with Gasteiger partial charge < -0.3 is 14.5 Å². The van der Waals surface area contributed by atoms with Gasteiger partial charge in [0.25, 0.3) is 0 Å². The standard InChI is InChI=1S/C23H27NO4/c1-2-3-4-5-6-7-8-19-20-17(22(25)28-21(20)23(26)27-19)14-15-9-10-18-16(13-15)11-12-24-18/h9-14,19-21,24H,2-8H2,1H3/b17-14-/t19-,20-,21-/m1/s1. The van der Waals surface area contributed by atoms with E-state index < -0.39 is 18.0 Å². The lowest BCUT2D eigenvalue weighted by molar-refractivity contribution is -0.156. The van der Waals surface area contributed by atoms with E-state index in [2.05, 4.69) is 11.9 Å². The van der Waals surface area contributed by atoms with Crippen molar-refractivity contribution in [3.8, 4) is 0 Å². The number of carbonyl (C=O) groups is 2. The Hall–Kier alpha value is -2.56. The lowest BCUT2D eigenvalue weighted by Crippen LogP contribution is -2.22. The zero-order valence-electron chi connectivity index (χ0n) is 16.3. The highest BCUT2D eigenvalue weighted by Gasteiger charge is 2.55. The molecule has 1 N–H and O–H groups in total. The molecule has 4 rings (SSSR count). The lowest BCUT2D eigenvalue weighted by Gasteiger charge is -2.15. The zero-order valence-corrected chi connectivity index (χ0v) is 16.3. The number of carbonyl (C=O) groups excluding carboxylic acids is 2. The molecule has 0 radical (unpaired) electrons. The molecule has 0 unspecified atom stereocenters. The van der Waals surface area contributed by atoms with Crippen molar-refractivity contribution >= 4 is 28.9 Å². The molecule has 2 aliphatic heterocycles. The molecule has 0 saturated carbocycles. The largest absolute Gasteiger partial charge is 0.459 e. The second-order valence-electron chi connectivity index (χ2n) is 7.81. The van der Waals surface area contributed by atoms with E-state index in [1.165, 1.54) is 25.7 Å². The Morgan fingerprint density at radius 3 is 2.71 bits per heavy atom. The molecule has 3 heterocycles. The third kappa shape index (κ3) is 3.71. The molecule has 1 aromatic heterocycles. The molecule has 0 spiro atoms. The summed E-state index contributed by atoms with van der Waals surface area (Å²) >= 11 is 0. The molecule has 2 aliphatic rings. The van der Waals surface area contributed by atoms with Gasteiger partial charge in [-0.3, -0.25) is 0 Å². The van der Waals surface area contributed by atoms with Crippen LogP contribution in [-0.2, 0) is 19.1 Å². The predicted molar refractivity (Wildman–Crippen MR) is 108 cm³/mol. The Morgan fingerprint density at radius 1 is 1.04 bits per heavy atom. The van der Waals surface area contributed by atoms with Crippen LogP contribution < -0.4 is 0 Å². The summed E-state index contributed by atoms with van der Waals surface area (Å²) in [6.07, 6.45) is 10.6. The summed E-state index contributed by atoms with van der Waals surface area (Å²) in [6.45, 7) is 2.21. The SMILES string of the molecule is CCCCCCCC[C@H]1OC(=O)[C@@H]2OC(=O)/C(=C\c3ccc4[nH]ccc4c3)[C@H]12. The summed E-state index contributed by atoms with van der Waals surface area (Å²) in [7, 11) is 0. The van der Waals surface area contributed by atoms with Crippen molar-refractivity contribution < 1.29 is 19.1 Å². The van der Waals surface area contributed by atoms with Crippen LogP contribution in [0.25, 0.3) is 17.0 Å². The van der Waals surface area contributed by atoms with E-state index in [-0.39, 0.29) is 12.0 Å². The van der Waals surface area contributed by atoms with Crippen LogP contribution in [-0.4, -0.2) is 29.1 Å². The monoisotopic (exact) mass is 381 g/mol. The molecule has 0 aliphatic carbocycles. The number of hydrogen-bond acceptors (Lipinski definition) is 4. The first kappa shape index (κ1) is 18.8. The van der Waals surface area contributed by atoms with E-state index in [1.807, 2.05) is 36.5 Å². The second-order valence-corrected chi connectivity index (χ2v) is 7.81. The Kier molecular flexibility index (Phi) is 5.51. The smallest absolute Gasteiger partial charge is 0.348 e. The van der Waals surface area contributed by atoms with Gasteiger partial charge >= 0.3 is 11.9 Å². The van der Waals surface area contributed by atoms with Crippen LogP contribution in [0.3, 0.4) is 0 Å². The van der Waals surface area contributed by atoms with Crippen molar-refractivity contribution in [2.24, 2.45) is 5.92 Å². The van der Waals surface area contributed by atoms with Gasteiger partial charge in [0.1, 0.15) is 6.10 Å². The van der Waals surface area contributed by atoms with Crippen LogP contribution in [0.4, 0.5) is 0 Å². The molecular formula is C23H27NO4. The van der Waals surface area contributed by atoms with Gasteiger partial charge in [0.15, 0.2) is 0 Å². The lowest BCUT2D eigenvalue weighted by atomic mass is 9.88. The second kappa shape index (κ2) is 8.21. The number of nitrogens with one attached hydrogen (secondary N) is 1. The summed E-state index contributed by atoms with van der Waals surface area (Å²) in [5, 5.41) is 1.08. The van der Waals surface area contributed by atoms with Crippen LogP contribution >= 0.6 is 0 Å². The summed E-state index contributed by atoms with van der Waals surface area (Å²) in [6, 6.07) is 7.98. The van der Waals surface area contributed by atoms with Gasteiger partial charge in [-0.25, -0.2) is 9.59 Å². The number of aromatic nitrogens is 1. The maximum absolute atomic E-state index is 12.4. The fourth-order valence-electron chi connectivity index (χ4n) is 4.30. The molecule has 2 saturated heterocycles. The molecule has 0 bridgehead atoms. The van der Waals surface area contributed by atoms with Crippen molar-refractivity contribution in [1.29, 1.82) is 0 Å². The molecule has 0 amide bonds. The fourth-order valence-corrected chi connectivity index (χ4v) is 4.30. The van der Waals surface area contributed by atoms with Crippen LogP contribution in [0, 0.1) is 5.92 Å². The van der Waals surface area contributed by atoms with E-state index in [0.717, 1.165) is 35.7 Å². The first-order valence-corrected chi connectivity index (χ1v) is 10.4. The van der Waals surface area contributed by atoms with Gasteiger partial charge in [-0.2, -0.15) is 0 Å². The maximum Gasteiger partial charge on any atom is 0.348 e. The van der Waals surface area contributed by atoms with Gasteiger partial charge in [0, 0.05) is 17.3 Å². The normalized spacial score (nSPS) is 25.3. The Morgan fingerprint density at radius 2 is 1.86 bits per heavy atom. The van der Waals surface area contributed by atoms with Gasteiger partial charge in [-0.1, -0.05) is 45.1 Å². The highest BCUT2D eigenvalue weighted by Crippen LogP contribution is 2.41. The highest BCUT2D eigenvalue weighted by atomic mass is 16.6. The number of hydrogen-bond donors (Lipinski definition) is 1. The minimum Gasteiger partial charge on any atom is -0.459 e. The van der Waals surface area contributed by atoms with Crippen molar-refractivity contribution in [2.45, 2.75) is 64.1 Å². The summed E-state index contributed by atoms with van der Waals surface area (Å²) in [4.78, 5) is 27.8. The number of aromatic amines is 1. The van der Waals surface area contributed by atoms with E-state index in [1.54, 1.807) is 0 Å². The Bertz CT molecular complexity index is 897. The summed E-state index contributed by atoms with van der Waals surface area (Å²) < 4.78 is 10.9. The molecule has 2 fully saturated rings. The van der Waals surface area contributed by atoms with Crippen LogP contribution in [0.1, 0.15) is 57.4 Å². The van der Waals surface area contributed by atoms with Crippen LogP contribution in [0.2, 0.25) is 0 Å². The number of cyclic esters (lactones) is 1. The average Bonchev–Trinajstić information content (AvgIpc) is 3.35. The summed E-state index contributed by atoms with van der Waals surface area (Å²) in [5.74, 6) is -1.09. The Balaban J connectivity index is 1.48. The Labute approximate surface area is 165 Å². The fraction of sp³-hybridized carbons (Fsp3) is 0.478. The third-order valence-corrected chi connectivity index (χ3v) is 5.80. The minimum absolute atomic E-state index is 0.266. The van der Waals surface area contributed by atoms with Crippen molar-refractivity contribution in [2.75, 3.05) is 0 Å². The van der Waals surface area contributed by atoms with E-state index in [9.17, 15) is 9.59 Å². The molecule has 5 nitrogen and oxygen atoms in total. The maximum atomic E-state index is 12.4. The number of rotatable bonds is 8. The average molecular weight is 381 g/mol. The molecule has 28 heavy (non-hydrogen) atoms. The number of ether oxygens (including phenoxy) is 2. The number of esters is 2. The zero-order chi connectivity index (χ0) is 19.5. The molecule has 5 heteroatoms. The summed E-state index contributed by atoms with van der Waals surface area (Å²) in [5.41, 5.74) is 2.54. The van der Waals surface area contributed by atoms with Crippen LogP contribution in [0.15, 0.2) is 36.0 Å². The quantitative estimate of drug-likeness (QED) is 0.406.